The molecule has 4 atom stereocenters. The lowest BCUT2D eigenvalue weighted by Crippen LogP contribution is -2.53. The van der Waals surface area contributed by atoms with Gasteiger partial charge in [0.25, 0.3) is 0 Å². The normalized spacial score (nSPS) is 17.4. The molecule has 0 bridgehead atoms. The van der Waals surface area contributed by atoms with Gasteiger partial charge in [-0.05, 0) is 101 Å². The van der Waals surface area contributed by atoms with Crippen LogP contribution in [0.5, 0.6) is 0 Å². The van der Waals surface area contributed by atoms with E-state index in [9.17, 15) is 24.0 Å². The van der Waals surface area contributed by atoms with Crippen molar-refractivity contribution in [3.8, 4) is 11.1 Å². The second kappa shape index (κ2) is 21.0. The molecule has 2 amide bonds. The Kier molecular flexibility index (Phi) is 16.1. The second-order valence-corrected chi connectivity index (χ2v) is 26.0. The van der Waals surface area contributed by atoms with Crippen LogP contribution >= 0.6 is 22.9 Å². The molecule has 2 aromatic carbocycles. The van der Waals surface area contributed by atoms with Gasteiger partial charge in [-0.3, -0.25) is 9.36 Å². The SMILES string of the molecule is CCOC(=O)C(Cc1ccc(-c2ccccc2C(=O)OC)cc1)(OC[C@@H]1C[C@@H](O[Si](C)(C)C(C)(C)C)[C@H](n2cnc3c(N(C(=O)OC(C)(C)C)C(=O)OC(C)(C)C)nc(Cl)nc32)O1)C(=O)c1cscn1. The number of aromatic nitrogens is 5. The quantitative estimate of drug-likeness (QED) is 0.0238. The van der Waals surface area contributed by atoms with Crippen LogP contribution in [0.15, 0.2) is 65.7 Å². The first-order chi connectivity index (χ1) is 32.7. The lowest BCUT2D eigenvalue weighted by atomic mass is 9.87. The Morgan fingerprint density at radius 1 is 0.900 bits per heavy atom. The molecule has 70 heavy (non-hydrogen) atoms. The Labute approximate surface area is 417 Å². The molecule has 5 aromatic rings. The van der Waals surface area contributed by atoms with Gasteiger partial charge in [0.1, 0.15) is 16.9 Å². The van der Waals surface area contributed by atoms with Gasteiger partial charge in [-0.25, -0.2) is 29.1 Å². The molecule has 6 rings (SSSR count). The molecular formula is C49H61ClN6O12SSi. The molecule has 1 saturated heterocycles. The van der Waals surface area contributed by atoms with E-state index in [0.29, 0.717) is 27.2 Å². The van der Waals surface area contributed by atoms with Gasteiger partial charge in [-0.15, -0.1) is 11.3 Å². The summed E-state index contributed by atoms with van der Waals surface area (Å²) < 4.78 is 43.9. The number of halogens is 1. The number of imidazole rings is 1. The number of imide groups is 1. The van der Waals surface area contributed by atoms with E-state index in [1.807, 2.05) is 6.07 Å². The number of anilines is 1. The van der Waals surface area contributed by atoms with E-state index in [0.717, 1.165) is 0 Å². The first-order valence-corrected chi connectivity index (χ1v) is 26.9. The minimum Gasteiger partial charge on any atom is -0.465 e. The van der Waals surface area contributed by atoms with E-state index in [1.165, 1.54) is 35.7 Å². The number of Topliss-reactive ketones (excluding diaryl/α,β-unsaturated/α-hetero) is 1. The van der Waals surface area contributed by atoms with Crippen molar-refractivity contribution in [2.75, 3.05) is 25.2 Å². The average molecular weight is 1020 g/mol. The molecule has 21 heteroatoms. The number of ketones is 1. The fourth-order valence-electron chi connectivity index (χ4n) is 7.36. The predicted molar refractivity (Wildman–Crippen MR) is 265 cm³/mol. The van der Waals surface area contributed by atoms with Gasteiger partial charge in [-0.1, -0.05) is 63.2 Å². The fraction of sp³-hybridized carbons (Fsp3) is 0.490. The number of fused-ring (bicyclic) bond motifs is 1. The number of thiazole rings is 1. The number of esters is 2. The zero-order chi connectivity index (χ0) is 51.6. The number of amides is 2. The highest BCUT2D eigenvalue weighted by Gasteiger charge is 2.52. The summed E-state index contributed by atoms with van der Waals surface area (Å²) in [6.07, 6.45) is -3.28. The lowest BCUT2D eigenvalue weighted by molar-refractivity contribution is -0.170. The summed E-state index contributed by atoms with van der Waals surface area (Å²) in [7, 11) is -1.26. The van der Waals surface area contributed by atoms with Crippen molar-refractivity contribution in [1.82, 2.24) is 24.5 Å². The molecule has 0 radical (unpaired) electrons. The van der Waals surface area contributed by atoms with Crippen molar-refractivity contribution in [2.24, 2.45) is 0 Å². The van der Waals surface area contributed by atoms with Crippen LogP contribution in [-0.4, -0.2) is 112 Å². The summed E-state index contributed by atoms with van der Waals surface area (Å²) in [5.74, 6) is -2.43. The summed E-state index contributed by atoms with van der Waals surface area (Å²) in [5, 5.41) is 0.955. The largest absolute Gasteiger partial charge is 0.465 e. The Morgan fingerprint density at radius 3 is 2.11 bits per heavy atom. The molecule has 0 aliphatic carbocycles. The Balaban J connectivity index is 1.41. The Morgan fingerprint density at radius 2 is 1.54 bits per heavy atom. The molecule has 1 fully saturated rings. The average Bonchev–Trinajstić information content (AvgIpc) is 4.04. The number of carbonyl (C=O) groups is 5. The monoisotopic (exact) mass is 1020 g/mol. The van der Waals surface area contributed by atoms with E-state index in [4.69, 9.17) is 44.4 Å². The molecule has 4 heterocycles. The zero-order valence-electron chi connectivity index (χ0n) is 41.8. The van der Waals surface area contributed by atoms with Gasteiger partial charge < -0.3 is 32.8 Å². The van der Waals surface area contributed by atoms with E-state index in [2.05, 4.69) is 53.8 Å². The Hall–Kier alpha value is -5.64. The molecule has 1 aliphatic heterocycles. The molecule has 376 valence electrons. The van der Waals surface area contributed by atoms with Crippen LogP contribution < -0.4 is 4.90 Å². The maximum absolute atomic E-state index is 14.7. The zero-order valence-corrected chi connectivity index (χ0v) is 44.4. The Bertz CT molecular complexity index is 2690. The molecule has 0 saturated carbocycles. The molecule has 1 aliphatic rings. The second-order valence-electron chi connectivity index (χ2n) is 20.2. The summed E-state index contributed by atoms with van der Waals surface area (Å²) in [4.78, 5) is 87.5. The van der Waals surface area contributed by atoms with Crippen molar-refractivity contribution in [3.05, 3.63) is 87.9 Å². The highest BCUT2D eigenvalue weighted by atomic mass is 35.5. The van der Waals surface area contributed by atoms with Crippen LogP contribution in [-0.2, 0) is 44.1 Å². The molecule has 3 aromatic heterocycles. The van der Waals surface area contributed by atoms with Crippen LogP contribution in [0.3, 0.4) is 0 Å². The van der Waals surface area contributed by atoms with E-state index in [1.54, 1.807) is 95.5 Å². The molecule has 0 N–H and O–H groups in total. The number of benzene rings is 2. The number of rotatable bonds is 15. The van der Waals surface area contributed by atoms with E-state index < -0.39 is 73.5 Å². The van der Waals surface area contributed by atoms with Crippen LogP contribution in [0.25, 0.3) is 22.3 Å². The van der Waals surface area contributed by atoms with Gasteiger partial charge in [0, 0.05) is 18.2 Å². The minimum absolute atomic E-state index is 0.00881. The standard InChI is InChI=1S/C49H61ClN6O12SSi/c1-14-63-42(59)49(37(57)34-26-69-28-52-34,24-29-19-21-30(22-20-29)32-17-15-16-18-33(32)41(58)62-11)64-25-31-23-35(68-70(12,13)48(8,9)10)40(65-31)55-27-51-36-38(55)53-43(50)54-39(36)56(44(60)66-46(2,3)4)45(61)67-47(5,6)7/h15-22,26-28,31,35,40H,14,23-25H2,1-13H3/t31-,35+,40+,49?/m0/s1. The van der Waals surface area contributed by atoms with Crippen LogP contribution in [0.2, 0.25) is 23.4 Å². The van der Waals surface area contributed by atoms with Crippen molar-refractivity contribution >= 4 is 78.1 Å². The van der Waals surface area contributed by atoms with E-state index >= 15 is 0 Å². The van der Waals surface area contributed by atoms with Gasteiger partial charge in [0.15, 0.2) is 31.5 Å². The van der Waals surface area contributed by atoms with Crippen LogP contribution in [0, 0.1) is 0 Å². The van der Waals surface area contributed by atoms with Crippen molar-refractivity contribution < 1.29 is 56.8 Å². The van der Waals surface area contributed by atoms with Crippen LogP contribution in [0.1, 0.15) is 108 Å². The molecule has 1 unspecified atom stereocenters. The maximum atomic E-state index is 14.7. The summed E-state index contributed by atoms with van der Waals surface area (Å²) in [5.41, 5.74) is -0.457. The van der Waals surface area contributed by atoms with Gasteiger partial charge in [0.2, 0.25) is 16.7 Å². The molecule has 18 nitrogen and oxygen atoms in total. The molecular weight excluding hydrogens is 960 g/mol. The summed E-state index contributed by atoms with van der Waals surface area (Å²) in [6.45, 7) is 21.6. The van der Waals surface area contributed by atoms with Crippen molar-refractivity contribution in [1.29, 1.82) is 0 Å². The number of hydrogen-bond donors (Lipinski definition) is 0. The van der Waals surface area contributed by atoms with Crippen molar-refractivity contribution in [2.45, 2.75) is 135 Å². The highest BCUT2D eigenvalue weighted by molar-refractivity contribution is 7.07. The van der Waals surface area contributed by atoms with Crippen LogP contribution in [0.4, 0.5) is 15.4 Å². The topological polar surface area (TPSA) is 210 Å². The van der Waals surface area contributed by atoms with Gasteiger partial charge >= 0.3 is 24.1 Å². The number of methoxy groups -OCH3 is 1. The van der Waals surface area contributed by atoms with E-state index in [-0.39, 0.29) is 59.1 Å². The fourth-order valence-corrected chi connectivity index (χ4v) is 9.37. The summed E-state index contributed by atoms with van der Waals surface area (Å²) >= 11 is 7.78. The third kappa shape index (κ3) is 12.1. The summed E-state index contributed by atoms with van der Waals surface area (Å²) in [6, 6.07) is 14.1. The number of hydrogen-bond acceptors (Lipinski definition) is 17. The first kappa shape index (κ1) is 53.7. The third-order valence-corrected chi connectivity index (χ3v) is 16.9. The van der Waals surface area contributed by atoms with Crippen molar-refractivity contribution in [3.63, 3.8) is 0 Å². The number of ether oxygens (including phenoxy) is 6. The number of nitrogens with zero attached hydrogens (tertiary/aromatic N) is 6. The maximum Gasteiger partial charge on any atom is 0.425 e. The smallest absolute Gasteiger partial charge is 0.425 e. The minimum atomic E-state index is -2.58. The molecule has 0 spiro atoms. The van der Waals surface area contributed by atoms with Gasteiger partial charge in [-0.2, -0.15) is 14.9 Å². The highest BCUT2D eigenvalue weighted by Crippen LogP contribution is 2.43. The lowest BCUT2D eigenvalue weighted by Gasteiger charge is -2.39. The third-order valence-electron chi connectivity index (χ3n) is 11.6. The number of carbonyl (C=O) groups excluding carboxylic acids is 5. The first-order valence-electron chi connectivity index (χ1n) is 22.7. The predicted octanol–water partition coefficient (Wildman–Crippen LogP) is 10.2. The van der Waals surface area contributed by atoms with Gasteiger partial charge in [0.05, 0.1) is 49.9 Å².